The smallest absolute Gasteiger partial charge is 0.181 e. The van der Waals surface area contributed by atoms with Gasteiger partial charge >= 0.3 is 0 Å². The molecule has 19 heavy (non-hydrogen) atoms. The average Bonchev–Trinajstić information content (AvgIpc) is 3.18. The van der Waals surface area contributed by atoms with E-state index in [1.165, 1.54) is 12.8 Å². The average molecular weight is 257 g/mol. The highest BCUT2D eigenvalue weighted by molar-refractivity contribution is 5.55. The zero-order valence-corrected chi connectivity index (χ0v) is 11.2. The molecule has 1 N–H and O–H groups in total. The highest BCUT2D eigenvalue weighted by Gasteiger charge is 2.27. The lowest BCUT2D eigenvalue weighted by molar-refractivity contribution is 0.309. The Hall–Kier alpha value is -1.84. The first-order chi connectivity index (χ1) is 9.36. The monoisotopic (exact) mass is 257 g/mol. The molecule has 0 saturated heterocycles. The lowest BCUT2D eigenvalue weighted by atomic mass is 10.2. The SMILES string of the molecule is CCCCOc1ccc(-c2n[nH]c(C3CC3)n2)cc1. The molecule has 4 nitrogen and oxygen atoms in total. The number of aromatic nitrogens is 3. The summed E-state index contributed by atoms with van der Waals surface area (Å²) in [5.41, 5.74) is 1.03. The molecular weight excluding hydrogens is 238 g/mol. The van der Waals surface area contributed by atoms with E-state index in [-0.39, 0.29) is 0 Å². The molecule has 100 valence electrons. The van der Waals surface area contributed by atoms with Gasteiger partial charge in [0.05, 0.1) is 6.61 Å². The summed E-state index contributed by atoms with van der Waals surface area (Å²) in [7, 11) is 0. The van der Waals surface area contributed by atoms with Crippen molar-refractivity contribution < 1.29 is 4.74 Å². The molecule has 1 heterocycles. The summed E-state index contributed by atoms with van der Waals surface area (Å²) in [5, 5.41) is 7.31. The van der Waals surface area contributed by atoms with Crippen LogP contribution in [0.15, 0.2) is 24.3 Å². The molecular formula is C15H19N3O. The maximum atomic E-state index is 5.64. The number of benzene rings is 1. The van der Waals surface area contributed by atoms with E-state index in [1.807, 2.05) is 24.3 Å². The van der Waals surface area contributed by atoms with Crippen LogP contribution in [0.3, 0.4) is 0 Å². The topological polar surface area (TPSA) is 50.8 Å². The largest absolute Gasteiger partial charge is 0.494 e. The molecule has 1 aliphatic carbocycles. The van der Waals surface area contributed by atoms with E-state index in [9.17, 15) is 0 Å². The standard InChI is InChI=1S/C15H19N3O/c1-2-3-10-19-13-8-6-12(7-9-13)15-16-14(17-18-15)11-4-5-11/h6-9,11H,2-5,10H2,1H3,(H,16,17,18). The Bertz CT molecular complexity index is 529. The molecule has 0 radical (unpaired) electrons. The van der Waals surface area contributed by atoms with Gasteiger partial charge in [-0.2, -0.15) is 5.10 Å². The first kappa shape index (κ1) is 12.2. The van der Waals surface area contributed by atoms with Gasteiger partial charge in [-0.15, -0.1) is 0 Å². The first-order valence-electron chi connectivity index (χ1n) is 7.02. The molecule has 1 fully saturated rings. The van der Waals surface area contributed by atoms with E-state index in [4.69, 9.17) is 4.74 Å². The van der Waals surface area contributed by atoms with Crippen LogP contribution in [0.5, 0.6) is 5.75 Å². The summed E-state index contributed by atoms with van der Waals surface area (Å²) >= 11 is 0. The Morgan fingerprint density at radius 2 is 2.05 bits per heavy atom. The van der Waals surface area contributed by atoms with Gasteiger partial charge in [0.25, 0.3) is 0 Å². The van der Waals surface area contributed by atoms with Crippen molar-refractivity contribution in [3.8, 4) is 17.1 Å². The van der Waals surface area contributed by atoms with E-state index in [1.54, 1.807) is 0 Å². The first-order valence-corrected chi connectivity index (χ1v) is 7.02. The Morgan fingerprint density at radius 1 is 1.26 bits per heavy atom. The van der Waals surface area contributed by atoms with E-state index in [0.29, 0.717) is 5.92 Å². The van der Waals surface area contributed by atoms with Crippen molar-refractivity contribution >= 4 is 0 Å². The predicted octanol–water partition coefficient (Wildman–Crippen LogP) is 3.53. The van der Waals surface area contributed by atoms with Crippen LogP contribution in [-0.4, -0.2) is 21.8 Å². The van der Waals surface area contributed by atoms with Gasteiger partial charge in [-0.3, -0.25) is 5.10 Å². The van der Waals surface area contributed by atoms with Gasteiger partial charge in [0.2, 0.25) is 0 Å². The Morgan fingerprint density at radius 3 is 2.74 bits per heavy atom. The Kier molecular flexibility index (Phi) is 3.49. The van der Waals surface area contributed by atoms with Crippen molar-refractivity contribution in [1.29, 1.82) is 0 Å². The minimum Gasteiger partial charge on any atom is -0.494 e. The second kappa shape index (κ2) is 5.43. The van der Waals surface area contributed by atoms with Crippen LogP contribution in [0.2, 0.25) is 0 Å². The van der Waals surface area contributed by atoms with Crippen LogP contribution in [0, 0.1) is 0 Å². The molecule has 0 spiro atoms. The normalized spacial score (nSPS) is 14.6. The maximum absolute atomic E-state index is 5.64. The van der Waals surface area contributed by atoms with Crippen molar-refractivity contribution in [1.82, 2.24) is 15.2 Å². The number of hydrogen-bond donors (Lipinski definition) is 1. The number of rotatable bonds is 6. The van der Waals surface area contributed by atoms with Crippen LogP contribution >= 0.6 is 0 Å². The van der Waals surface area contributed by atoms with Crippen molar-refractivity contribution in [3.63, 3.8) is 0 Å². The molecule has 1 saturated carbocycles. The molecule has 1 aliphatic rings. The summed E-state index contributed by atoms with van der Waals surface area (Å²) in [6.07, 6.45) is 4.71. The molecule has 0 aliphatic heterocycles. The molecule has 0 unspecified atom stereocenters. The third-order valence-corrected chi connectivity index (χ3v) is 3.35. The molecule has 3 rings (SSSR count). The molecule has 1 aromatic heterocycles. The van der Waals surface area contributed by atoms with Crippen molar-refractivity contribution in [3.05, 3.63) is 30.1 Å². The molecule has 0 atom stereocenters. The van der Waals surface area contributed by atoms with E-state index < -0.39 is 0 Å². The lowest BCUT2D eigenvalue weighted by Gasteiger charge is -2.05. The van der Waals surface area contributed by atoms with Crippen LogP contribution in [0.1, 0.15) is 44.3 Å². The van der Waals surface area contributed by atoms with Gasteiger partial charge < -0.3 is 4.74 Å². The lowest BCUT2D eigenvalue weighted by Crippen LogP contribution is -1.96. The van der Waals surface area contributed by atoms with Gasteiger partial charge in [-0.05, 0) is 43.5 Å². The second-order valence-corrected chi connectivity index (χ2v) is 5.04. The summed E-state index contributed by atoms with van der Waals surface area (Å²) in [6.45, 7) is 2.94. The number of nitrogens with one attached hydrogen (secondary N) is 1. The maximum Gasteiger partial charge on any atom is 0.181 e. The molecule has 2 aromatic rings. The molecule has 4 heteroatoms. The molecule has 0 bridgehead atoms. The van der Waals surface area contributed by atoms with Crippen molar-refractivity contribution in [2.75, 3.05) is 6.61 Å². The van der Waals surface area contributed by atoms with E-state index in [2.05, 4.69) is 22.1 Å². The van der Waals surface area contributed by atoms with Gasteiger partial charge in [0, 0.05) is 11.5 Å². The van der Waals surface area contributed by atoms with Crippen LogP contribution < -0.4 is 4.74 Å². The zero-order chi connectivity index (χ0) is 13.1. The Balaban J connectivity index is 1.66. The number of ether oxygens (including phenoxy) is 1. The van der Waals surface area contributed by atoms with E-state index in [0.717, 1.165) is 42.4 Å². The van der Waals surface area contributed by atoms with Crippen LogP contribution in [0.25, 0.3) is 11.4 Å². The Labute approximate surface area is 113 Å². The summed E-state index contributed by atoms with van der Waals surface area (Å²) in [4.78, 5) is 4.54. The fraction of sp³-hybridized carbons (Fsp3) is 0.467. The predicted molar refractivity (Wildman–Crippen MR) is 74.2 cm³/mol. The third kappa shape index (κ3) is 2.95. The van der Waals surface area contributed by atoms with Gasteiger partial charge in [0.15, 0.2) is 5.82 Å². The fourth-order valence-electron chi connectivity index (χ4n) is 1.98. The quantitative estimate of drug-likeness (QED) is 0.805. The number of unbranched alkanes of at least 4 members (excludes halogenated alkanes) is 1. The highest BCUT2D eigenvalue weighted by Crippen LogP contribution is 2.38. The zero-order valence-electron chi connectivity index (χ0n) is 11.2. The van der Waals surface area contributed by atoms with Crippen molar-refractivity contribution in [2.24, 2.45) is 0 Å². The molecule has 1 aromatic carbocycles. The highest BCUT2D eigenvalue weighted by atomic mass is 16.5. The summed E-state index contributed by atoms with van der Waals surface area (Å²) < 4.78 is 5.64. The van der Waals surface area contributed by atoms with Crippen molar-refractivity contribution in [2.45, 2.75) is 38.5 Å². The number of H-pyrrole nitrogens is 1. The number of hydrogen-bond acceptors (Lipinski definition) is 3. The fourth-order valence-corrected chi connectivity index (χ4v) is 1.98. The van der Waals surface area contributed by atoms with Crippen LogP contribution in [-0.2, 0) is 0 Å². The van der Waals surface area contributed by atoms with Gasteiger partial charge in [-0.1, -0.05) is 13.3 Å². The minimum absolute atomic E-state index is 0.609. The van der Waals surface area contributed by atoms with Gasteiger partial charge in [0.1, 0.15) is 11.6 Å². The summed E-state index contributed by atoms with van der Waals surface area (Å²) in [5.74, 6) is 3.33. The number of aromatic amines is 1. The minimum atomic E-state index is 0.609. The summed E-state index contributed by atoms with van der Waals surface area (Å²) in [6, 6.07) is 8.00. The van der Waals surface area contributed by atoms with Gasteiger partial charge in [-0.25, -0.2) is 4.98 Å². The number of nitrogens with zero attached hydrogens (tertiary/aromatic N) is 2. The third-order valence-electron chi connectivity index (χ3n) is 3.35. The van der Waals surface area contributed by atoms with E-state index >= 15 is 0 Å². The van der Waals surface area contributed by atoms with Crippen LogP contribution in [0.4, 0.5) is 0 Å². The molecule has 0 amide bonds. The second-order valence-electron chi connectivity index (χ2n) is 5.04.